The summed E-state index contributed by atoms with van der Waals surface area (Å²) in [5.74, 6) is -1.13. The van der Waals surface area contributed by atoms with E-state index < -0.39 is 11.8 Å². The second-order valence-electron chi connectivity index (χ2n) is 3.75. The Morgan fingerprint density at radius 2 is 2.16 bits per heavy atom. The van der Waals surface area contributed by atoms with Gasteiger partial charge >= 0.3 is 5.97 Å². The molecule has 4 nitrogen and oxygen atoms in total. The summed E-state index contributed by atoms with van der Waals surface area (Å²) in [6.07, 6.45) is 1.63. The number of halogens is 1. The molecule has 1 heterocycles. The molecule has 1 aromatic carbocycles. The molecule has 0 amide bonds. The smallest absolute Gasteiger partial charge is 0.337 e. The van der Waals surface area contributed by atoms with E-state index in [0.717, 1.165) is 6.07 Å². The highest BCUT2D eigenvalue weighted by atomic mass is 19.1. The van der Waals surface area contributed by atoms with Gasteiger partial charge in [-0.25, -0.2) is 9.18 Å². The number of methoxy groups -OCH3 is 1. The first-order chi connectivity index (χ1) is 9.20. The second kappa shape index (κ2) is 5.95. The molecular formula is C14H12FNO3. The van der Waals surface area contributed by atoms with E-state index in [1.807, 2.05) is 6.07 Å². The lowest BCUT2D eigenvalue weighted by Gasteiger charge is -2.07. The summed E-state index contributed by atoms with van der Waals surface area (Å²) in [7, 11) is 1.24. The van der Waals surface area contributed by atoms with E-state index in [1.54, 1.807) is 18.3 Å². The van der Waals surface area contributed by atoms with Crippen molar-refractivity contribution in [2.45, 2.75) is 6.61 Å². The highest BCUT2D eigenvalue weighted by Gasteiger charge is 2.10. The molecule has 19 heavy (non-hydrogen) atoms. The van der Waals surface area contributed by atoms with Gasteiger partial charge in [-0.2, -0.15) is 0 Å². The number of aromatic nitrogens is 1. The summed E-state index contributed by atoms with van der Waals surface area (Å²) in [6.45, 7) is 0.162. The lowest BCUT2D eigenvalue weighted by Crippen LogP contribution is -2.03. The molecule has 5 heteroatoms. The van der Waals surface area contributed by atoms with Gasteiger partial charge in [-0.1, -0.05) is 6.07 Å². The minimum atomic E-state index is -0.612. The number of benzene rings is 1. The zero-order valence-electron chi connectivity index (χ0n) is 10.3. The highest BCUT2D eigenvalue weighted by molar-refractivity contribution is 5.89. The first-order valence-electron chi connectivity index (χ1n) is 5.61. The van der Waals surface area contributed by atoms with Crippen LogP contribution in [0, 0.1) is 5.82 Å². The molecule has 1 aromatic heterocycles. The van der Waals surface area contributed by atoms with Crippen molar-refractivity contribution >= 4 is 5.97 Å². The molecule has 2 aromatic rings. The van der Waals surface area contributed by atoms with Crippen molar-refractivity contribution in [1.29, 1.82) is 0 Å². The van der Waals surface area contributed by atoms with Gasteiger partial charge in [-0.15, -0.1) is 0 Å². The fourth-order valence-electron chi connectivity index (χ4n) is 1.50. The number of nitrogens with zero attached hydrogens (tertiary/aromatic N) is 1. The first-order valence-corrected chi connectivity index (χ1v) is 5.61. The Bertz CT molecular complexity index is 572. The van der Waals surface area contributed by atoms with E-state index in [1.165, 1.54) is 19.2 Å². The van der Waals surface area contributed by atoms with Crippen LogP contribution in [-0.4, -0.2) is 18.1 Å². The molecule has 0 aliphatic carbocycles. The van der Waals surface area contributed by atoms with Crippen molar-refractivity contribution in [3.05, 3.63) is 59.7 Å². The summed E-state index contributed by atoms with van der Waals surface area (Å²) in [4.78, 5) is 15.3. The van der Waals surface area contributed by atoms with Gasteiger partial charge in [-0.05, 0) is 30.3 Å². The fourth-order valence-corrected chi connectivity index (χ4v) is 1.50. The van der Waals surface area contributed by atoms with Crippen LogP contribution in [0.3, 0.4) is 0 Å². The van der Waals surface area contributed by atoms with Crippen molar-refractivity contribution in [2.24, 2.45) is 0 Å². The minimum absolute atomic E-state index is 0.0679. The third-order valence-electron chi connectivity index (χ3n) is 2.45. The zero-order chi connectivity index (χ0) is 13.7. The molecule has 0 N–H and O–H groups in total. The molecule has 0 fully saturated rings. The van der Waals surface area contributed by atoms with Gasteiger partial charge in [0.15, 0.2) is 11.6 Å². The Morgan fingerprint density at radius 1 is 1.32 bits per heavy atom. The number of ether oxygens (including phenoxy) is 2. The van der Waals surface area contributed by atoms with E-state index in [2.05, 4.69) is 9.72 Å². The average Bonchev–Trinajstić information content (AvgIpc) is 2.46. The largest absolute Gasteiger partial charge is 0.484 e. The monoisotopic (exact) mass is 261 g/mol. The lowest BCUT2D eigenvalue weighted by molar-refractivity contribution is 0.0600. The third-order valence-corrected chi connectivity index (χ3v) is 2.45. The van der Waals surface area contributed by atoms with Crippen LogP contribution in [-0.2, 0) is 11.3 Å². The lowest BCUT2D eigenvalue weighted by atomic mass is 10.2. The minimum Gasteiger partial charge on any atom is -0.484 e. The predicted octanol–water partition coefficient (Wildman–Crippen LogP) is 2.59. The number of carbonyl (C=O) groups is 1. The van der Waals surface area contributed by atoms with E-state index in [9.17, 15) is 9.18 Å². The summed E-state index contributed by atoms with van der Waals surface area (Å²) in [6, 6.07) is 9.31. The van der Waals surface area contributed by atoms with Crippen LogP contribution in [0.1, 0.15) is 16.1 Å². The number of hydrogen-bond donors (Lipinski definition) is 0. The van der Waals surface area contributed by atoms with Gasteiger partial charge < -0.3 is 9.47 Å². The molecule has 0 saturated carbocycles. The Kier molecular flexibility index (Phi) is 4.07. The summed E-state index contributed by atoms with van der Waals surface area (Å²) >= 11 is 0. The molecule has 0 unspecified atom stereocenters. The van der Waals surface area contributed by atoms with Gasteiger partial charge in [0.2, 0.25) is 0 Å². The van der Waals surface area contributed by atoms with Crippen LogP contribution in [0.2, 0.25) is 0 Å². The number of carbonyl (C=O) groups excluding carboxylic acids is 1. The van der Waals surface area contributed by atoms with Crippen LogP contribution in [0.5, 0.6) is 5.75 Å². The van der Waals surface area contributed by atoms with Crippen molar-refractivity contribution < 1.29 is 18.7 Å². The maximum Gasteiger partial charge on any atom is 0.337 e. The number of rotatable bonds is 4. The maximum atomic E-state index is 13.7. The fraction of sp³-hybridized carbons (Fsp3) is 0.143. The van der Waals surface area contributed by atoms with E-state index in [-0.39, 0.29) is 17.9 Å². The topological polar surface area (TPSA) is 48.4 Å². The molecular weight excluding hydrogens is 249 g/mol. The molecule has 0 radical (unpaired) electrons. The standard InChI is InChI=1S/C14H12FNO3/c1-18-14(17)10-5-6-13(12(15)8-10)19-9-11-4-2-3-7-16-11/h2-8H,9H2,1H3. The van der Waals surface area contributed by atoms with E-state index in [0.29, 0.717) is 5.69 Å². The number of hydrogen-bond acceptors (Lipinski definition) is 4. The Balaban J connectivity index is 2.07. The third kappa shape index (κ3) is 3.28. The zero-order valence-corrected chi connectivity index (χ0v) is 10.3. The Morgan fingerprint density at radius 3 is 2.79 bits per heavy atom. The molecule has 0 spiro atoms. The van der Waals surface area contributed by atoms with Gasteiger partial charge in [0.1, 0.15) is 6.61 Å². The van der Waals surface area contributed by atoms with Crippen LogP contribution in [0.25, 0.3) is 0 Å². The Labute approximate surface area is 109 Å². The van der Waals surface area contributed by atoms with E-state index >= 15 is 0 Å². The van der Waals surface area contributed by atoms with Crippen molar-refractivity contribution in [1.82, 2.24) is 4.98 Å². The molecule has 0 bridgehead atoms. The van der Waals surface area contributed by atoms with Crippen molar-refractivity contribution in [3.63, 3.8) is 0 Å². The average molecular weight is 261 g/mol. The second-order valence-corrected chi connectivity index (χ2v) is 3.75. The van der Waals surface area contributed by atoms with Crippen LogP contribution in [0.15, 0.2) is 42.6 Å². The quantitative estimate of drug-likeness (QED) is 0.794. The van der Waals surface area contributed by atoms with Crippen molar-refractivity contribution in [3.8, 4) is 5.75 Å². The summed E-state index contributed by atoms with van der Waals surface area (Å²) < 4.78 is 23.5. The predicted molar refractivity (Wildman–Crippen MR) is 66.3 cm³/mol. The first kappa shape index (κ1) is 13.0. The molecule has 0 aliphatic heterocycles. The SMILES string of the molecule is COC(=O)c1ccc(OCc2ccccn2)c(F)c1. The summed E-state index contributed by atoms with van der Waals surface area (Å²) in [5, 5.41) is 0. The molecule has 2 rings (SSSR count). The van der Waals surface area contributed by atoms with Gasteiger partial charge in [0, 0.05) is 6.20 Å². The van der Waals surface area contributed by atoms with Crippen LogP contribution in [0.4, 0.5) is 4.39 Å². The molecule has 0 saturated heterocycles. The summed E-state index contributed by atoms with van der Waals surface area (Å²) in [5.41, 5.74) is 0.837. The molecule has 98 valence electrons. The van der Waals surface area contributed by atoms with Crippen LogP contribution < -0.4 is 4.74 Å². The van der Waals surface area contributed by atoms with Crippen molar-refractivity contribution in [2.75, 3.05) is 7.11 Å². The maximum absolute atomic E-state index is 13.7. The van der Waals surface area contributed by atoms with E-state index in [4.69, 9.17) is 4.74 Å². The number of pyridine rings is 1. The van der Waals surface area contributed by atoms with Gasteiger partial charge in [0.25, 0.3) is 0 Å². The van der Waals surface area contributed by atoms with Gasteiger partial charge in [0.05, 0.1) is 18.4 Å². The molecule has 0 aliphatic rings. The highest BCUT2D eigenvalue weighted by Crippen LogP contribution is 2.19. The number of esters is 1. The van der Waals surface area contributed by atoms with Crippen LogP contribution >= 0.6 is 0 Å². The Hall–Kier alpha value is -2.43. The van der Waals surface area contributed by atoms with Gasteiger partial charge in [-0.3, -0.25) is 4.98 Å². The molecule has 0 atom stereocenters. The normalized spacial score (nSPS) is 10.0.